The molecule has 0 amide bonds. The van der Waals surface area contributed by atoms with Crippen molar-refractivity contribution >= 4 is 34.8 Å². The number of aromatic nitrogens is 5. The number of hydrogen-bond donors (Lipinski definition) is 3. The van der Waals surface area contributed by atoms with Crippen LogP contribution >= 0.6 is 0 Å². The van der Waals surface area contributed by atoms with E-state index in [4.69, 9.17) is 5.73 Å². The topological polar surface area (TPSA) is 109 Å². The maximum absolute atomic E-state index is 5.70. The number of pyridine rings is 1. The normalized spacial score (nSPS) is 14.6. The number of nitrogens with zero attached hydrogens (tertiary/aromatic N) is 5. The summed E-state index contributed by atoms with van der Waals surface area (Å²) >= 11 is 0. The van der Waals surface area contributed by atoms with Crippen molar-refractivity contribution in [1.29, 1.82) is 0 Å². The molecule has 4 N–H and O–H groups in total. The SMILES string of the molecule is Nc1nccc(-c2ccc3c(/C=C/c4ccc(N5CCNCC5)nc4)n[nH]c3c2)n1. The van der Waals surface area contributed by atoms with Crippen molar-refractivity contribution in [2.75, 3.05) is 36.8 Å². The molecule has 1 saturated heterocycles. The van der Waals surface area contributed by atoms with Crippen LogP contribution in [0.3, 0.4) is 0 Å². The van der Waals surface area contributed by atoms with Gasteiger partial charge in [-0.15, -0.1) is 0 Å². The Hall–Kier alpha value is -3.78. The van der Waals surface area contributed by atoms with E-state index in [1.54, 1.807) is 6.20 Å². The maximum atomic E-state index is 5.70. The summed E-state index contributed by atoms with van der Waals surface area (Å²) in [5.74, 6) is 1.29. The van der Waals surface area contributed by atoms with Gasteiger partial charge in [0.15, 0.2) is 0 Å². The van der Waals surface area contributed by atoms with E-state index in [2.05, 4.69) is 47.5 Å². The Kier molecular flexibility index (Phi) is 4.82. The number of nitrogen functional groups attached to an aromatic ring is 1. The maximum Gasteiger partial charge on any atom is 0.220 e. The van der Waals surface area contributed by atoms with Crippen LogP contribution in [0.15, 0.2) is 48.8 Å². The number of hydrogen-bond acceptors (Lipinski definition) is 7. The number of H-pyrrole nitrogens is 1. The fraction of sp³-hybridized carbons (Fsp3) is 0.182. The Balaban J connectivity index is 1.35. The van der Waals surface area contributed by atoms with Gasteiger partial charge in [0.1, 0.15) is 5.82 Å². The summed E-state index contributed by atoms with van der Waals surface area (Å²) in [6.07, 6.45) is 7.59. The molecule has 0 radical (unpaired) electrons. The highest BCUT2D eigenvalue weighted by molar-refractivity contribution is 5.91. The van der Waals surface area contributed by atoms with Gasteiger partial charge in [-0.1, -0.05) is 12.1 Å². The molecule has 1 fully saturated rings. The van der Waals surface area contributed by atoms with Gasteiger partial charge in [0.25, 0.3) is 0 Å². The largest absolute Gasteiger partial charge is 0.368 e. The second-order valence-corrected chi connectivity index (χ2v) is 7.19. The second kappa shape index (κ2) is 7.92. The third kappa shape index (κ3) is 3.72. The summed E-state index contributed by atoms with van der Waals surface area (Å²) in [5.41, 5.74) is 10.3. The predicted molar refractivity (Wildman–Crippen MR) is 120 cm³/mol. The Morgan fingerprint density at radius 1 is 1.00 bits per heavy atom. The molecule has 0 aliphatic carbocycles. The van der Waals surface area contributed by atoms with Crippen LogP contribution < -0.4 is 16.0 Å². The smallest absolute Gasteiger partial charge is 0.220 e. The fourth-order valence-electron chi connectivity index (χ4n) is 3.61. The van der Waals surface area contributed by atoms with E-state index < -0.39 is 0 Å². The van der Waals surface area contributed by atoms with Crippen molar-refractivity contribution < 1.29 is 0 Å². The molecule has 0 atom stereocenters. The van der Waals surface area contributed by atoms with Gasteiger partial charge in [-0.25, -0.2) is 15.0 Å². The lowest BCUT2D eigenvalue weighted by atomic mass is 10.1. The minimum atomic E-state index is 0.261. The highest BCUT2D eigenvalue weighted by atomic mass is 15.2. The molecule has 4 heterocycles. The van der Waals surface area contributed by atoms with Gasteiger partial charge >= 0.3 is 0 Å². The molecule has 1 aromatic carbocycles. The van der Waals surface area contributed by atoms with Crippen molar-refractivity contribution in [3.8, 4) is 11.3 Å². The molecule has 8 nitrogen and oxygen atoms in total. The van der Waals surface area contributed by atoms with E-state index >= 15 is 0 Å². The summed E-state index contributed by atoms with van der Waals surface area (Å²) in [5, 5.41) is 11.9. The van der Waals surface area contributed by atoms with Crippen LogP contribution in [-0.2, 0) is 0 Å². The van der Waals surface area contributed by atoms with Crippen LogP contribution in [0.4, 0.5) is 11.8 Å². The minimum Gasteiger partial charge on any atom is -0.368 e. The van der Waals surface area contributed by atoms with Crippen molar-refractivity contribution in [2.45, 2.75) is 0 Å². The first-order valence-corrected chi connectivity index (χ1v) is 9.93. The van der Waals surface area contributed by atoms with E-state index in [0.717, 1.165) is 65.4 Å². The zero-order valence-electron chi connectivity index (χ0n) is 16.4. The van der Waals surface area contributed by atoms with E-state index in [0.29, 0.717) is 0 Å². The van der Waals surface area contributed by atoms with Gasteiger partial charge in [-0.2, -0.15) is 5.10 Å². The van der Waals surface area contributed by atoms with Gasteiger partial charge in [-0.3, -0.25) is 5.10 Å². The first-order valence-electron chi connectivity index (χ1n) is 9.93. The molecular formula is C22H22N8. The molecule has 1 aliphatic rings. The average molecular weight is 398 g/mol. The molecule has 1 aliphatic heterocycles. The van der Waals surface area contributed by atoms with Crippen LogP contribution in [0, 0.1) is 0 Å². The minimum absolute atomic E-state index is 0.261. The van der Waals surface area contributed by atoms with Crippen molar-refractivity contribution in [3.05, 3.63) is 60.0 Å². The zero-order valence-corrected chi connectivity index (χ0v) is 16.4. The first-order chi connectivity index (χ1) is 14.8. The van der Waals surface area contributed by atoms with Gasteiger partial charge in [0.05, 0.1) is 16.9 Å². The number of aromatic amines is 1. The number of anilines is 2. The van der Waals surface area contributed by atoms with Gasteiger partial charge in [0, 0.05) is 49.5 Å². The van der Waals surface area contributed by atoms with Crippen molar-refractivity contribution in [1.82, 2.24) is 30.5 Å². The third-order valence-electron chi connectivity index (χ3n) is 5.21. The van der Waals surface area contributed by atoms with Crippen LogP contribution in [-0.4, -0.2) is 51.3 Å². The number of fused-ring (bicyclic) bond motifs is 1. The monoisotopic (exact) mass is 398 g/mol. The standard InChI is InChI=1S/C22H22N8/c23-22-25-8-7-18(27-22)16-3-4-17-19(28-29-20(17)13-16)5-1-15-2-6-21(26-14-15)30-11-9-24-10-12-30/h1-8,13-14,24H,9-12H2,(H,28,29)(H2,23,25,27)/b5-1+. The Morgan fingerprint density at radius 3 is 2.70 bits per heavy atom. The lowest BCUT2D eigenvalue weighted by Crippen LogP contribution is -2.43. The molecular weight excluding hydrogens is 376 g/mol. The Morgan fingerprint density at radius 2 is 1.90 bits per heavy atom. The predicted octanol–water partition coefficient (Wildman–Crippen LogP) is 2.58. The fourth-order valence-corrected chi connectivity index (χ4v) is 3.61. The molecule has 8 heteroatoms. The molecule has 3 aromatic heterocycles. The van der Waals surface area contributed by atoms with E-state index in [1.165, 1.54) is 0 Å². The second-order valence-electron chi connectivity index (χ2n) is 7.19. The molecule has 0 bridgehead atoms. The summed E-state index contributed by atoms with van der Waals surface area (Å²) in [7, 11) is 0. The molecule has 5 rings (SSSR count). The van der Waals surface area contributed by atoms with E-state index in [9.17, 15) is 0 Å². The van der Waals surface area contributed by atoms with Crippen LogP contribution in [0.2, 0.25) is 0 Å². The van der Waals surface area contributed by atoms with E-state index in [1.807, 2.05) is 42.6 Å². The Labute approximate surface area is 173 Å². The summed E-state index contributed by atoms with van der Waals surface area (Å²) in [4.78, 5) is 15.1. The highest BCUT2D eigenvalue weighted by Crippen LogP contribution is 2.25. The molecule has 150 valence electrons. The summed E-state index contributed by atoms with van der Waals surface area (Å²) in [6.45, 7) is 3.99. The van der Waals surface area contributed by atoms with E-state index in [-0.39, 0.29) is 5.95 Å². The van der Waals surface area contributed by atoms with Crippen LogP contribution in [0.25, 0.3) is 34.3 Å². The van der Waals surface area contributed by atoms with Crippen molar-refractivity contribution in [3.63, 3.8) is 0 Å². The average Bonchev–Trinajstić information content (AvgIpc) is 3.21. The molecule has 0 unspecified atom stereocenters. The van der Waals surface area contributed by atoms with Crippen LogP contribution in [0.1, 0.15) is 11.3 Å². The molecule has 4 aromatic rings. The number of nitrogens with two attached hydrogens (primary N) is 1. The van der Waals surface area contributed by atoms with Gasteiger partial charge in [0.2, 0.25) is 5.95 Å². The van der Waals surface area contributed by atoms with Crippen molar-refractivity contribution in [2.24, 2.45) is 0 Å². The molecule has 30 heavy (non-hydrogen) atoms. The number of benzene rings is 1. The molecule has 0 saturated carbocycles. The number of piperazine rings is 1. The van der Waals surface area contributed by atoms with Gasteiger partial charge < -0.3 is 16.0 Å². The lowest BCUT2D eigenvalue weighted by molar-refractivity contribution is 0.585. The molecule has 0 spiro atoms. The lowest BCUT2D eigenvalue weighted by Gasteiger charge is -2.28. The summed E-state index contributed by atoms with van der Waals surface area (Å²) in [6, 6.07) is 12.1. The quantitative estimate of drug-likeness (QED) is 0.485. The van der Waals surface area contributed by atoms with Crippen LogP contribution in [0.5, 0.6) is 0 Å². The third-order valence-corrected chi connectivity index (χ3v) is 5.21. The van der Waals surface area contributed by atoms with Gasteiger partial charge in [-0.05, 0) is 42.0 Å². The first kappa shape index (κ1) is 18.3. The summed E-state index contributed by atoms with van der Waals surface area (Å²) < 4.78 is 0. The zero-order chi connectivity index (χ0) is 20.3. The number of rotatable bonds is 4. The number of nitrogens with one attached hydrogen (secondary N) is 2. The highest BCUT2D eigenvalue weighted by Gasteiger charge is 2.11. The Bertz CT molecular complexity index is 1190.